The van der Waals surface area contributed by atoms with Crippen LogP contribution in [0, 0.1) is 0 Å². The quantitative estimate of drug-likeness (QED) is 0.429. The lowest BCUT2D eigenvalue weighted by Gasteiger charge is -2.26. The molecule has 0 bridgehead atoms. The van der Waals surface area contributed by atoms with Crippen LogP contribution >= 0.6 is 0 Å². The van der Waals surface area contributed by atoms with Crippen LogP contribution in [0.4, 0.5) is 5.69 Å². The number of rotatable bonds is 5. The molecule has 0 saturated carbocycles. The number of nitrogens with zero attached hydrogens (tertiary/aromatic N) is 2. The second-order valence-corrected chi connectivity index (χ2v) is 8.83. The normalized spacial score (nSPS) is 15.4. The highest BCUT2D eigenvalue weighted by molar-refractivity contribution is 6.22. The summed E-state index contributed by atoms with van der Waals surface area (Å²) in [6.07, 6.45) is 2.10. The van der Waals surface area contributed by atoms with Crippen molar-refractivity contribution in [2.75, 3.05) is 38.2 Å². The molecule has 170 valence electrons. The van der Waals surface area contributed by atoms with E-state index in [1.54, 1.807) is 12.1 Å². The number of fused-ring (bicyclic) bond motifs is 4. The molecule has 0 radical (unpaired) electrons. The number of carbonyl (C=O) groups is 2. The first kappa shape index (κ1) is 20.8. The third kappa shape index (κ3) is 3.71. The number of morpholine rings is 1. The fraction of sp³-hybridized carbons (Fsp3) is 0.214. The Kier molecular flexibility index (Phi) is 5.24. The van der Waals surface area contributed by atoms with Crippen molar-refractivity contribution in [1.82, 2.24) is 9.47 Å². The van der Waals surface area contributed by atoms with Crippen molar-refractivity contribution < 1.29 is 14.3 Å². The van der Waals surface area contributed by atoms with Gasteiger partial charge in [0.15, 0.2) is 5.78 Å². The average Bonchev–Trinajstić information content (AvgIpc) is 3.41. The summed E-state index contributed by atoms with van der Waals surface area (Å²) < 4.78 is 7.68. The second-order valence-electron chi connectivity index (χ2n) is 8.83. The number of amides is 1. The van der Waals surface area contributed by atoms with Gasteiger partial charge in [0.05, 0.1) is 13.2 Å². The Morgan fingerprint density at radius 3 is 2.50 bits per heavy atom. The average molecular weight is 452 g/mol. The first-order valence-corrected chi connectivity index (χ1v) is 11.7. The van der Waals surface area contributed by atoms with E-state index in [1.165, 1.54) is 0 Å². The van der Waals surface area contributed by atoms with Crippen LogP contribution in [-0.4, -0.2) is 54.0 Å². The Balaban J connectivity index is 1.17. The first-order valence-electron chi connectivity index (χ1n) is 11.7. The molecule has 6 nitrogen and oxygen atoms in total. The van der Waals surface area contributed by atoms with Crippen molar-refractivity contribution in [3.05, 3.63) is 89.6 Å². The van der Waals surface area contributed by atoms with Crippen LogP contribution in [0.25, 0.3) is 22.0 Å². The lowest BCUT2D eigenvalue weighted by molar-refractivity contribution is 0.0365. The minimum absolute atomic E-state index is 0.0277. The zero-order valence-corrected chi connectivity index (χ0v) is 18.8. The van der Waals surface area contributed by atoms with Crippen molar-refractivity contribution in [1.29, 1.82) is 0 Å². The molecule has 4 aromatic rings. The van der Waals surface area contributed by atoms with Crippen LogP contribution in [0.3, 0.4) is 0 Å². The molecule has 2 heterocycles. The molecule has 3 aromatic carbocycles. The highest BCUT2D eigenvalue weighted by atomic mass is 16.5. The molecule has 1 aromatic heterocycles. The molecule has 1 fully saturated rings. The zero-order chi connectivity index (χ0) is 23.1. The van der Waals surface area contributed by atoms with Gasteiger partial charge in [-0.3, -0.25) is 14.5 Å². The zero-order valence-electron chi connectivity index (χ0n) is 18.8. The number of benzene rings is 3. The number of hydrogen-bond donors (Lipinski definition) is 1. The molecule has 2 aliphatic rings. The number of nitrogens with one attached hydrogen (secondary N) is 1. The summed E-state index contributed by atoms with van der Waals surface area (Å²) in [4.78, 5) is 28.2. The number of anilines is 1. The highest BCUT2D eigenvalue weighted by Gasteiger charge is 2.27. The lowest BCUT2D eigenvalue weighted by Crippen LogP contribution is -2.38. The molecule has 6 rings (SSSR count). The summed E-state index contributed by atoms with van der Waals surface area (Å²) in [6.45, 7) is 5.49. The van der Waals surface area contributed by atoms with Crippen LogP contribution in [0.2, 0.25) is 0 Å². The molecule has 0 atom stereocenters. The standard InChI is InChI=1S/C28H25N3O3/c32-27-24-4-2-1-3-22(24)23-7-5-20(18-25(23)27)28(33)29-21-6-8-26-19(17-21)9-10-31(26)12-11-30-13-15-34-16-14-30/h1-10,17-18H,11-16H2,(H,29,33). The fourth-order valence-corrected chi connectivity index (χ4v) is 4.92. The molecule has 1 aliphatic carbocycles. The topological polar surface area (TPSA) is 63.6 Å². The Hall–Kier alpha value is -3.74. The Morgan fingerprint density at radius 2 is 1.65 bits per heavy atom. The van der Waals surface area contributed by atoms with Gasteiger partial charge in [-0.25, -0.2) is 0 Å². The van der Waals surface area contributed by atoms with Gasteiger partial charge < -0.3 is 14.6 Å². The Morgan fingerprint density at radius 1 is 0.853 bits per heavy atom. The molecular formula is C28H25N3O3. The molecule has 0 unspecified atom stereocenters. The number of aromatic nitrogens is 1. The summed E-state index contributed by atoms with van der Waals surface area (Å²) in [6, 6.07) is 21.0. The fourth-order valence-electron chi connectivity index (χ4n) is 4.92. The van der Waals surface area contributed by atoms with Gasteiger partial charge in [0.1, 0.15) is 0 Å². The van der Waals surface area contributed by atoms with E-state index in [2.05, 4.69) is 27.0 Å². The van der Waals surface area contributed by atoms with Gasteiger partial charge in [-0.05, 0) is 47.5 Å². The predicted octanol–water partition coefficient (Wildman–Crippen LogP) is 4.44. The summed E-state index contributed by atoms with van der Waals surface area (Å²) in [5.74, 6) is -0.252. The van der Waals surface area contributed by atoms with Gasteiger partial charge in [0, 0.05) is 65.7 Å². The Labute approximate surface area is 197 Å². The smallest absolute Gasteiger partial charge is 0.255 e. The maximum absolute atomic E-state index is 13.0. The molecular weight excluding hydrogens is 426 g/mol. The van der Waals surface area contributed by atoms with Gasteiger partial charge >= 0.3 is 0 Å². The van der Waals surface area contributed by atoms with E-state index in [4.69, 9.17) is 4.74 Å². The number of carbonyl (C=O) groups excluding carboxylic acids is 2. The monoisotopic (exact) mass is 451 g/mol. The predicted molar refractivity (Wildman–Crippen MR) is 132 cm³/mol. The van der Waals surface area contributed by atoms with Gasteiger partial charge in [0.2, 0.25) is 0 Å². The van der Waals surface area contributed by atoms with E-state index in [0.717, 1.165) is 67.1 Å². The van der Waals surface area contributed by atoms with E-state index in [1.807, 2.05) is 48.5 Å². The largest absolute Gasteiger partial charge is 0.379 e. The van der Waals surface area contributed by atoms with Gasteiger partial charge in [-0.1, -0.05) is 30.3 Å². The number of ketones is 1. The maximum Gasteiger partial charge on any atom is 0.255 e. The third-order valence-electron chi connectivity index (χ3n) is 6.78. The van der Waals surface area contributed by atoms with E-state index < -0.39 is 0 Å². The molecule has 1 N–H and O–H groups in total. The van der Waals surface area contributed by atoms with Crippen molar-refractivity contribution in [3.63, 3.8) is 0 Å². The van der Waals surface area contributed by atoms with Crippen molar-refractivity contribution in [3.8, 4) is 11.1 Å². The van der Waals surface area contributed by atoms with E-state index in [0.29, 0.717) is 16.7 Å². The molecule has 34 heavy (non-hydrogen) atoms. The van der Waals surface area contributed by atoms with E-state index in [-0.39, 0.29) is 11.7 Å². The lowest BCUT2D eigenvalue weighted by atomic mass is 10.0. The Bertz CT molecular complexity index is 1420. The molecule has 1 amide bonds. The second kappa shape index (κ2) is 8.56. The summed E-state index contributed by atoms with van der Waals surface area (Å²) in [5, 5.41) is 4.07. The maximum atomic E-state index is 13.0. The number of hydrogen-bond acceptors (Lipinski definition) is 4. The van der Waals surface area contributed by atoms with Crippen LogP contribution in [0.15, 0.2) is 72.9 Å². The molecule has 6 heteroatoms. The third-order valence-corrected chi connectivity index (χ3v) is 6.78. The SMILES string of the molecule is O=C(Nc1ccc2c(ccn2CCN2CCOCC2)c1)c1ccc2c(c1)C(=O)c1ccccc1-2. The van der Waals surface area contributed by atoms with E-state index >= 15 is 0 Å². The summed E-state index contributed by atoms with van der Waals surface area (Å²) in [5.41, 5.74) is 5.45. The summed E-state index contributed by atoms with van der Waals surface area (Å²) in [7, 11) is 0. The highest BCUT2D eigenvalue weighted by Crippen LogP contribution is 2.36. The van der Waals surface area contributed by atoms with Crippen LogP contribution in [-0.2, 0) is 11.3 Å². The molecule has 1 aliphatic heterocycles. The minimum Gasteiger partial charge on any atom is -0.379 e. The van der Waals surface area contributed by atoms with Crippen molar-refractivity contribution in [2.24, 2.45) is 0 Å². The first-order chi connectivity index (χ1) is 16.7. The summed E-state index contributed by atoms with van der Waals surface area (Å²) >= 11 is 0. The molecule has 0 spiro atoms. The van der Waals surface area contributed by atoms with Gasteiger partial charge in [-0.15, -0.1) is 0 Å². The van der Waals surface area contributed by atoms with E-state index in [9.17, 15) is 9.59 Å². The van der Waals surface area contributed by atoms with Gasteiger partial charge in [-0.2, -0.15) is 0 Å². The van der Waals surface area contributed by atoms with Crippen molar-refractivity contribution in [2.45, 2.75) is 6.54 Å². The minimum atomic E-state index is -0.224. The van der Waals surface area contributed by atoms with Crippen LogP contribution in [0.1, 0.15) is 26.3 Å². The van der Waals surface area contributed by atoms with Gasteiger partial charge in [0.25, 0.3) is 5.91 Å². The van der Waals surface area contributed by atoms with Crippen LogP contribution < -0.4 is 5.32 Å². The number of ether oxygens (including phenoxy) is 1. The van der Waals surface area contributed by atoms with Crippen LogP contribution in [0.5, 0.6) is 0 Å². The molecule has 1 saturated heterocycles. The van der Waals surface area contributed by atoms with Crippen molar-refractivity contribution >= 4 is 28.3 Å².